The molecule has 0 aliphatic carbocycles. The molecular formula is C18H22FN5O. The summed E-state index contributed by atoms with van der Waals surface area (Å²) in [4.78, 5) is 25.5. The van der Waals surface area contributed by atoms with Crippen molar-refractivity contribution in [1.82, 2.24) is 19.8 Å². The summed E-state index contributed by atoms with van der Waals surface area (Å²) in [6.07, 6.45) is 0. The van der Waals surface area contributed by atoms with Crippen LogP contribution in [0.1, 0.15) is 23.1 Å². The third kappa shape index (κ3) is 4.30. The van der Waals surface area contributed by atoms with E-state index in [1.165, 1.54) is 12.1 Å². The normalized spacial score (nSPS) is 15.2. The van der Waals surface area contributed by atoms with Crippen molar-refractivity contribution in [3.63, 3.8) is 0 Å². The minimum atomic E-state index is -0.308. The van der Waals surface area contributed by atoms with Gasteiger partial charge in [-0.3, -0.25) is 4.79 Å². The Morgan fingerprint density at radius 2 is 1.84 bits per heavy atom. The van der Waals surface area contributed by atoms with Crippen molar-refractivity contribution in [2.75, 3.05) is 38.0 Å². The summed E-state index contributed by atoms with van der Waals surface area (Å²) in [6, 6.07) is 7.62. The minimum absolute atomic E-state index is 0.0802. The van der Waals surface area contributed by atoms with Gasteiger partial charge in [0, 0.05) is 37.6 Å². The van der Waals surface area contributed by atoms with Gasteiger partial charge in [0.2, 0.25) is 5.95 Å². The summed E-state index contributed by atoms with van der Waals surface area (Å²) in [5.41, 5.74) is 1.75. The van der Waals surface area contributed by atoms with Crippen LogP contribution in [0.3, 0.4) is 0 Å². The Hall–Kier alpha value is -2.54. The molecule has 1 aliphatic rings. The lowest BCUT2D eigenvalue weighted by Crippen LogP contribution is -2.48. The zero-order valence-corrected chi connectivity index (χ0v) is 14.5. The van der Waals surface area contributed by atoms with Crippen molar-refractivity contribution in [1.29, 1.82) is 0 Å². The number of aryl methyl sites for hydroxylation is 1. The van der Waals surface area contributed by atoms with Crippen LogP contribution in [0, 0.1) is 12.7 Å². The number of benzene rings is 1. The van der Waals surface area contributed by atoms with Crippen molar-refractivity contribution in [2.45, 2.75) is 13.8 Å². The maximum atomic E-state index is 13.0. The average Bonchev–Trinajstić information content (AvgIpc) is 2.62. The summed E-state index contributed by atoms with van der Waals surface area (Å²) >= 11 is 0. The number of nitrogens with one attached hydrogen (secondary N) is 1. The van der Waals surface area contributed by atoms with Gasteiger partial charge in [-0.2, -0.15) is 0 Å². The smallest absolute Gasteiger partial charge is 0.272 e. The van der Waals surface area contributed by atoms with Crippen LogP contribution in [0.5, 0.6) is 0 Å². The maximum Gasteiger partial charge on any atom is 0.272 e. The highest BCUT2D eigenvalue weighted by Gasteiger charge is 2.23. The van der Waals surface area contributed by atoms with E-state index >= 15 is 0 Å². The molecule has 0 unspecified atom stereocenters. The van der Waals surface area contributed by atoms with E-state index in [4.69, 9.17) is 0 Å². The van der Waals surface area contributed by atoms with Gasteiger partial charge in [0.1, 0.15) is 11.5 Å². The van der Waals surface area contributed by atoms with Crippen LogP contribution >= 0.6 is 0 Å². The fourth-order valence-electron chi connectivity index (χ4n) is 2.83. The molecule has 1 fully saturated rings. The van der Waals surface area contributed by atoms with E-state index in [-0.39, 0.29) is 11.7 Å². The number of aromatic nitrogens is 2. The highest BCUT2D eigenvalue weighted by atomic mass is 19.1. The number of carbonyl (C=O) groups excluding carboxylic acids is 1. The molecule has 1 aliphatic heterocycles. The largest absolute Gasteiger partial charge is 0.335 e. The highest BCUT2D eigenvalue weighted by molar-refractivity contribution is 5.92. The predicted molar refractivity (Wildman–Crippen MR) is 94.5 cm³/mol. The molecule has 25 heavy (non-hydrogen) atoms. The fraction of sp³-hybridized carbons (Fsp3) is 0.389. The molecule has 0 radical (unpaired) electrons. The first-order chi connectivity index (χ1) is 12.0. The monoisotopic (exact) mass is 343 g/mol. The van der Waals surface area contributed by atoms with E-state index in [9.17, 15) is 9.18 Å². The summed E-state index contributed by atoms with van der Waals surface area (Å²) in [5.74, 6) is -0.0524. The zero-order chi connectivity index (χ0) is 17.8. The lowest BCUT2D eigenvalue weighted by Gasteiger charge is -2.33. The summed E-state index contributed by atoms with van der Waals surface area (Å²) in [5, 5.41) is 3.02. The van der Waals surface area contributed by atoms with E-state index in [1.54, 1.807) is 18.2 Å². The summed E-state index contributed by atoms with van der Waals surface area (Å²) in [6.45, 7) is 8.12. The van der Waals surface area contributed by atoms with Crippen LogP contribution in [0.25, 0.3) is 0 Å². The minimum Gasteiger partial charge on any atom is -0.335 e. The van der Waals surface area contributed by atoms with Gasteiger partial charge >= 0.3 is 0 Å². The van der Waals surface area contributed by atoms with Crippen molar-refractivity contribution in [3.05, 3.63) is 47.5 Å². The molecule has 7 heteroatoms. The number of rotatable bonds is 4. The van der Waals surface area contributed by atoms with Crippen LogP contribution in [-0.4, -0.2) is 58.4 Å². The van der Waals surface area contributed by atoms with Crippen LogP contribution in [-0.2, 0) is 0 Å². The van der Waals surface area contributed by atoms with Crippen molar-refractivity contribution < 1.29 is 9.18 Å². The Morgan fingerprint density at radius 3 is 2.48 bits per heavy atom. The number of hydrogen-bond acceptors (Lipinski definition) is 5. The van der Waals surface area contributed by atoms with Gasteiger partial charge in [-0.15, -0.1) is 0 Å². The number of halogens is 1. The van der Waals surface area contributed by atoms with Crippen molar-refractivity contribution in [2.24, 2.45) is 0 Å². The van der Waals surface area contributed by atoms with E-state index in [0.717, 1.165) is 19.6 Å². The van der Waals surface area contributed by atoms with E-state index in [2.05, 4.69) is 27.1 Å². The first kappa shape index (κ1) is 17.3. The van der Waals surface area contributed by atoms with Gasteiger partial charge in [0.25, 0.3) is 5.91 Å². The van der Waals surface area contributed by atoms with Crippen molar-refractivity contribution >= 4 is 17.5 Å². The van der Waals surface area contributed by atoms with Gasteiger partial charge in [-0.05, 0) is 43.8 Å². The van der Waals surface area contributed by atoms with Crippen LogP contribution in [0.15, 0.2) is 30.3 Å². The number of nitrogens with zero attached hydrogens (tertiary/aromatic N) is 4. The molecule has 6 nitrogen and oxygen atoms in total. The lowest BCUT2D eigenvalue weighted by molar-refractivity contribution is 0.0637. The molecule has 2 heterocycles. The first-order valence-electron chi connectivity index (χ1n) is 8.45. The molecule has 1 aromatic carbocycles. The molecule has 1 N–H and O–H groups in total. The molecule has 2 aromatic rings. The second-order valence-corrected chi connectivity index (χ2v) is 6.08. The third-order valence-corrected chi connectivity index (χ3v) is 4.28. The van der Waals surface area contributed by atoms with Crippen molar-refractivity contribution in [3.8, 4) is 0 Å². The standard InChI is InChI=1S/C18H22FN5O/c1-3-23-8-10-24(11-9-23)17(25)16-12-13(2)20-18(22-16)21-15-6-4-14(19)5-7-15/h4-7,12H,3,8-11H2,1-2H3,(H,20,21,22). The zero-order valence-electron chi connectivity index (χ0n) is 14.5. The number of carbonyl (C=O) groups is 1. The first-order valence-corrected chi connectivity index (χ1v) is 8.45. The summed E-state index contributed by atoms with van der Waals surface area (Å²) < 4.78 is 13.0. The Balaban J connectivity index is 1.74. The van der Waals surface area contributed by atoms with E-state index in [0.29, 0.717) is 36.1 Å². The average molecular weight is 343 g/mol. The third-order valence-electron chi connectivity index (χ3n) is 4.28. The van der Waals surface area contributed by atoms with Crippen LogP contribution in [0.2, 0.25) is 0 Å². The summed E-state index contributed by atoms with van der Waals surface area (Å²) in [7, 11) is 0. The molecule has 1 saturated heterocycles. The van der Waals surface area contributed by atoms with Gasteiger partial charge in [-0.1, -0.05) is 6.92 Å². The number of likely N-dealkylation sites (N-methyl/N-ethyl adjacent to an activating group) is 1. The maximum absolute atomic E-state index is 13.0. The Bertz CT molecular complexity index is 742. The number of piperazine rings is 1. The van der Waals surface area contributed by atoms with Gasteiger partial charge < -0.3 is 15.1 Å². The second-order valence-electron chi connectivity index (χ2n) is 6.08. The lowest BCUT2D eigenvalue weighted by atomic mass is 10.2. The van der Waals surface area contributed by atoms with E-state index in [1.807, 2.05) is 11.8 Å². The molecule has 0 saturated carbocycles. The Labute approximate surface area is 146 Å². The van der Waals surface area contributed by atoms with E-state index < -0.39 is 0 Å². The predicted octanol–water partition coefficient (Wildman–Crippen LogP) is 2.45. The topological polar surface area (TPSA) is 61.4 Å². The number of amides is 1. The molecule has 1 amide bonds. The SMILES string of the molecule is CCN1CCN(C(=O)c2cc(C)nc(Nc3ccc(F)cc3)n2)CC1. The highest BCUT2D eigenvalue weighted by Crippen LogP contribution is 2.16. The quantitative estimate of drug-likeness (QED) is 0.924. The second kappa shape index (κ2) is 7.57. The van der Waals surface area contributed by atoms with Gasteiger partial charge in [0.15, 0.2) is 0 Å². The number of anilines is 2. The van der Waals surface area contributed by atoms with Gasteiger partial charge in [-0.25, -0.2) is 14.4 Å². The van der Waals surface area contributed by atoms with Gasteiger partial charge in [0.05, 0.1) is 0 Å². The molecule has 3 rings (SSSR count). The Morgan fingerprint density at radius 1 is 1.16 bits per heavy atom. The molecule has 0 bridgehead atoms. The molecular weight excluding hydrogens is 321 g/mol. The molecule has 132 valence electrons. The molecule has 0 spiro atoms. The van der Waals surface area contributed by atoms with Crippen LogP contribution < -0.4 is 5.32 Å². The van der Waals surface area contributed by atoms with Crippen LogP contribution in [0.4, 0.5) is 16.0 Å². The Kier molecular flexibility index (Phi) is 5.23. The molecule has 0 atom stereocenters. The fourth-order valence-corrected chi connectivity index (χ4v) is 2.83. The number of hydrogen-bond donors (Lipinski definition) is 1. The molecule has 1 aromatic heterocycles.